The number of thioether (sulfide) groups is 1. The third-order valence-corrected chi connectivity index (χ3v) is 4.23. The highest BCUT2D eigenvalue weighted by Crippen LogP contribution is 2.16. The molecular formula is C17H14N2O3S. The SMILES string of the molecule is CSc1nc2ccccc2c(=O)n1Cc1ccc(C(=O)O)cc1. The molecule has 23 heavy (non-hydrogen) atoms. The van der Waals surface area contributed by atoms with Crippen molar-refractivity contribution in [3.63, 3.8) is 0 Å². The molecule has 0 radical (unpaired) electrons. The first kappa shape index (κ1) is 15.3. The van der Waals surface area contributed by atoms with Gasteiger partial charge in [0.2, 0.25) is 0 Å². The molecule has 0 aliphatic rings. The molecule has 3 rings (SSSR count). The number of carboxylic acids is 1. The van der Waals surface area contributed by atoms with Crippen molar-refractivity contribution < 1.29 is 9.90 Å². The molecule has 0 fully saturated rings. The minimum Gasteiger partial charge on any atom is -0.478 e. The Bertz CT molecular complexity index is 933. The number of hydrogen-bond acceptors (Lipinski definition) is 4. The second-order valence-electron chi connectivity index (χ2n) is 5.01. The third-order valence-electron chi connectivity index (χ3n) is 3.55. The lowest BCUT2D eigenvalue weighted by molar-refractivity contribution is 0.0697. The molecule has 5 nitrogen and oxygen atoms in total. The van der Waals surface area contributed by atoms with Gasteiger partial charge in [-0.2, -0.15) is 0 Å². The number of hydrogen-bond donors (Lipinski definition) is 1. The minimum atomic E-state index is -0.967. The molecule has 0 spiro atoms. The van der Waals surface area contributed by atoms with Gasteiger partial charge in [0.25, 0.3) is 5.56 Å². The molecule has 0 aliphatic heterocycles. The van der Waals surface area contributed by atoms with Gasteiger partial charge in [-0.05, 0) is 36.1 Å². The Balaban J connectivity index is 2.06. The van der Waals surface area contributed by atoms with E-state index in [-0.39, 0.29) is 11.1 Å². The predicted molar refractivity (Wildman–Crippen MR) is 90.3 cm³/mol. The van der Waals surface area contributed by atoms with E-state index in [9.17, 15) is 9.59 Å². The molecule has 1 N–H and O–H groups in total. The number of carbonyl (C=O) groups is 1. The lowest BCUT2D eigenvalue weighted by Gasteiger charge is -2.12. The van der Waals surface area contributed by atoms with Crippen LogP contribution in [-0.4, -0.2) is 26.9 Å². The molecule has 0 aliphatic carbocycles. The summed E-state index contributed by atoms with van der Waals surface area (Å²) in [5.74, 6) is -0.967. The van der Waals surface area contributed by atoms with E-state index in [0.29, 0.717) is 22.6 Å². The number of rotatable bonds is 4. The Morgan fingerprint density at radius 3 is 2.52 bits per heavy atom. The molecule has 116 valence electrons. The summed E-state index contributed by atoms with van der Waals surface area (Å²) in [6.45, 7) is 0.354. The van der Waals surface area contributed by atoms with Crippen LogP contribution in [0.4, 0.5) is 0 Å². The molecule has 0 amide bonds. The summed E-state index contributed by atoms with van der Waals surface area (Å²) in [4.78, 5) is 28.1. The van der Waals surface area contributed by atoms with Crippen molar-refractivity contribution in [2.75, 3.05) is 6.26 Å². The van der Waals surface area contributed by atoms with Gasteiger partial charge in [0, 0.05) is 0 Å². The zero-order valence-corrected chi connectivity index (χ0v) is 13.2. The maximum atomic E-state index is 12.7. The third kappa shape index (κ3) is 2.98. The molecule has 0 bridgehead atoms. The first-order chi connectivity index (χ1) is 11.1. The second-order valence-corrected chi connectivity index (χ2v) is 5.78. The minimum absolute atomic E-state index is 0.0951. The van der Waals surface area contributed by atoms with Crippen molar-refractivity contribution in [3.8, 4) is 0 Å². The van der Waals surface area contributed by atoms with Gasteiger partial charge in [-0.25, -0.2) is 9.78 Å². The number of para-hydroxylation sites is 1. The molecule has 3 aromatic rings. The van der Waals surface area contributed by atoms with Crippen LogP contribution in [0.2, 0.25) is 0 Å². The van der Waals surface area contributed by atoms with Gasteiger partial charge in [0.05, 0.1) is 23.0 Å². The summed E-state index contributed by atoms with van der Waals surface area (Å²) in [5.41, 5.74) is 1.66. The largest absolute Gasteiger partial charge is 0.478 e. The lowest BCUT2D eigenvalue weighted by Crippen LogP contribution is -2.23. The Labute approximate surface area is 136 Å². The Hall–Kier alpha value is -2.60. The predicted octanol–water partition coefficient (Wildman–Crippen LogP) is 2.86. The van der Waals surface area contributed by atoms with Crippen LogP contribution in [0.1, 0.15) is 15.9 Å². The van der Waals surface area contributed by atoms with Crippen LogP contribution < -0.4 is 5.56 Å². The zero-order chi connectivity index (χ0) is 16.4. The Morgan fingerprint density at radius 2 is 1.87 bits per heavy atom. The number of carboxylic acid groups (broad SMARTS) is 1. The van der Waals surface area contributed by atoms with Crippen molar-refractivity contribution in [3.05, 3.63) is 70.0 Å². The molecule has 0 unspecified atom stereocenters. The molecule has 0 saturated carbocycles. The van der Waals surface area contributed by atoms with Crippen molar-refractivity contribution >= 4 is 28.6 Å². The van der Waals surface area contributed by atoms with Crippen LogP contribution in [0.15, 0.2) is 58.5 Å². The van der Waals surface area contributed by atoms with Crippen molar-refractivity contribution in [2.24, 2.45) is 0 Å². The van der Waals surface area contributed by atoms with Crippen LogP contribution in [0.3, 0.4) is 0 Å². The topological polar surface area (TPSA) is 72.2 Å². The van der Waals surface area contributed by atoms with Crippen molar-refractivity contribution in [2.45, 2.75) is 11.7 Å². The maximum absolute atomic E-state index is 12.7. The Kier molecular flexibility index (Phi) is 4.16. The molecule has 2 aromatic carbocycles. The van der Waals surface area contributed by atoms with E-state index >= 15 is 0 Å². The highest BCUT2D eigenvalue weighted by molar-refractivity contribution is 7.98. The maximum Gasteiger partial charge on any atom is 0.335 e. The molecule has 1 aromatic heterocycles. The van der Waals surface area contributed by atoms with Gasteiger partial charge >= 0.3 is 5.97 Å². The fourth-order valence-corrected chi connectivity index (χ4v) is 2.94. The second kappa shape index (κ2) is 6.26. The van der Waals surface area contributed by atoms with Gasteiger partial charge in [0.1, 0.15) is 0 Å². The molecule has 0 saturated heterocycles. The van der Waals surface area contributed by atoms with Crippen molar-refractivity contribution in [1.29, 1.82) is 0 Å². The van der Waals surface area contributed by atoms with Crippen LogP contribution in [0, 0.1) is 0 Å². The van der Waals surface area contributed by atoms with Gasteiger partial charge in [-0.3, -0.25) is 9.36 Å². The van der Waals surface area contributed by atoms with Crippen LogP contribution >= 0.6 is 11.8 Å². The molecule has 0 atom stereocenters. The normalized spacial score (nSPS) is 10.8. The Morgan fingerprint density at radius 1 is 1.17 bits per heavy atom. The highest BCUT2D eigenvalue weighted by atomic mass is 32.2. The number of benzene rings is 2. The summed E-state index contributed by atoms with van der Waals surface area (Å²) in [6, 6.07) is 13.8. The van der Waals surface area contributed by atoms with E-state index in [1.807, 2.05) is 24.5 Å². The zero-order valence-electron chi connectivity index (χ0n) is 12.4. The van der Waals surface area contributed by atoms with E-state index in [0.717, 1.165) is 5.56 Å². The monoisotopic (exact) mass is 326 g/mol. The summed E-state index contributed by atoms with van der Waals surface area (Å²) < 4.78 is 1.61. The van der Waals surface area contributed by atoms with Gasteiger partial charge in [0.15, 0.2) is 5.16 Å². The average molecular weight is 326 g/mol. The standard InChI is InChI=1S/C17H14N2O3S/c1-23-17-18-14-5-3-2-4-13(14)15(20)19(17)10-11-6-8-12(9-7-11)16(21)22/h2-9H,10H2,1H3,(H,21,22). The molecule has 1 heterocycles. The number of fused-ring (bicyclic) bond motifs is 1. The summed E-state index contributed by atoms with van der Waals surface area (Å²) >= 11 is 1.41. The summed E-state index contributed by atoms with van der Waals surface area (Å²) in [7, 11) is 0. The van der Waals surface area contributed by atoms with Gasteiger partial charge < -0.3 is 5.11 Å². The molecular weight excluding hydrogens is 312 g/mol. The van der Waals surface area contributed by atoms with E-state index in [4.69, 9.17) is 5.11 Å². The summed E-state index contributed by atoms with van der Waals surface area (Å²) in [6.07, 6.45) is 1.88. The fourth-order valence-electron chi connectivity index (χ4n) is 2.38. The van der Waals surface area contributed by atoms with Gasteiger partial charge in [-0.15, -0.1) is 0 Å². The quantitative estimate of drug-likeness (QED) is 0.589. The average Bonchev–Trinajstić information content (AvgIpc) is 2.57. The van der Waals surface area contributed by atoms with Crippen molar-refractivity contribution in [1.82, 2.24) is 9.55 Å². The highest BCUT2D eigenvalue weighted by Gasteiger charge is 2.11. The smallest absolute Gasteiger partial charge is 0.335 e. The van der Waals surface area contributed by atoms with Crippen LogP contribution in [-0.2, 0) is 6.54 Å². The number of nitrogens with zero attached hydrogens (tertiary/aromatic N) is 2. The molecule has 6 heteroatoms. The van der Waals surface area contributed by atoms with Gasteiger partial charge in [-0.1, -0.05) is 36.0 Å². The van der Waals surface area contributed by atoms with E-state index in [1.54, 1.807) is 22.8 Å². The first-order valence-electron chi connectivity index (χ1n) is 6.96. The van der Waals surface area contributed by atoms with E-state index in [1.165, 1.54) is 23.9 Å². The van der Waals surface area contributed by atoms with E-state index in [2.05, 4.69) is 4.98 Å². The van der Waals surface area contributed by atoms with E-state index < -0.39 is 5.97 Å². The first-order valence-corrected chi connectivity index (χ1v) is 8.18. The van der Waals surface area contributed by atoms with Crippen LogP contribution in [0.25, 0.3) is 10.9 Å². The summed E-state index contributed by atoms with van der Waals surface area (Å²) in [5, 5.41) is 10.2. The lowest BCUT2D eigenvalue weighted by atomic mass is 10.1. The number of aromatic carboxylic acids is 1. The van der Waals surface area contributed by atoms with Crippen LogP contribution in [0.5, 0.6) is 0 Å². The fraction of sp³-hybridized carbons (Fsp3) is 0.118. The number of aromatic nitrogens is 2.